The summed E-state index contributed by atoms with van der Waals surface area (Å²) >= 11 is 0. The second kappa shape index (κ2) is 5.18. The molecule has 0 aromatic carbocycles. The van der Waals surface area contributed by atoms with Gasteiger partial charge in [0, 0.05) is 31.8 Å². The molecule has 0 bridgehead atoms. The molecule has 2 heterocycles. The van der Waals surface area contributed by atoms with Crippen molar-refractivity contribution in [1.29, 1.82) is 0 Å². The van der Waals surface area contributed by atoms with E-state index >= 15 is 0 Å². The van der Waals surface area contributed by atoms with Crippen molar-refractivity contribution in [1.82, 2.24) is 14.9 Å². The Morgan fingerprint density at radius 1 is 1.65 bits per heavy atom. The minimum Gasteiger partial charge on any atom is -0.381 e. The summed E-state index contributed by atoms with van der Waals surface area (Å²) in [7, 11) is 0. The number of rotatable bonds is 4. The molecule has 6 heteroatoms. The molecule has 1 aliphatic heterocycles. The number of aromatic nitrogens is 2. The summed E-state index contributed by atoms with van der Waals surface area (Å²) in [6.45, 7) is 4.73. The van der Waals surface area contributed by atoms with E-state index < -0.39 is 0 Å². The minimum absolute atomic E-state index is 0.141. The number of ether oxygens (including phenoxy) is 1. The van der Waals surface area contributed by atoms with Crippen molar-refractivity contribution in [2.75, 3.05) is 26.3 Å². The quantitative estimate of drug-likeness (QED) is 0.788. The molecule has 6 nitrogen and oxygen atoms in total. The van der Waals surface area contributed by atoms with Crippen molar-refractivity contribution >= 4 is 5.91 Å². The van der Waals surface area contributed by atoms with E-state index in [1.165, 1.54) is 6.20 Å². The van der Waals surface area contributed by atoms with E-state index in [-0.39, 0.29) is 11.6 Å². The van der Waals surface area contributed by atoms with Crippen molar-refractivity contribution < 1.29 is 9.53 Å². The molecule has 1 aromatic heterocycles. The Hall–Kier alpha value is -1.56. The lowest BCUT2D eigenvalue weighted by Crippen LogP contribution is -2.35. The van der Waals surface area contributed by atoms with Crippen LogP contribution in [0.2, 0.25) is 0 Å². The number of hydrogen-bond acceptors (Lipinski definition) is 3. The molecule has 2 rings (SSSR count). The van der Waals surface area contributed by atoms with Crippen LogP contribution in [0.5, 0.6) is 0 Å². The Labute approximate surface area is 99.0 Å². The highest BCUT2D eigenvalue weighted by atomic mass is 16.5. The van der Waals surface area contributed by atoms with Gasteiger partial charge in [0.05, 0.1) is 6.61 Å². The average Bonchev–Trinajstić information content (AvgIpc) is 2.96. The standard InChI is InChI=1S/C11H17N3O3/c1-2-14(6-8-3-4-17-7-8)10(15)9-5-12-11(16)13-9/h5,8H,2-4,6-7H2,1H3,(H2,12,13,16). The fraction of sp³-hybridized carbons (Fsp3) is 0.636. The lowest BCUT2D eigenvalue weighted by atomic mass is 10.1. The molecule has 1 aliphatic rings. The number of nitrogens with one attached hydrogen (secondary N) is 2. The highest BCUT2D eigenvalue weighted by molar-refractivity contribution is 5.92. The Kier molecular flexibility index (Phi) is 3.63. The predicted molar refractivity (Wildman–Crippen MR) is 61.9 cm³/mol. The molecule has 1 aromatic rings. The number of nitrogens with zero attached hydrogens (tertiary/aromatic N) is 1. The van der Waals surface area contributed by atoms with Crippen molar-refractivity contribution in [3.63, 3.8) is 0 Å². The lowest BCUT2D eigenvalue weighted by Gasteiger charge is -2.22. The normalized spacial score (nSPS) is 19.5. The van der Waals surface area contributed by atoms with Crippen LogP contribution in [0.25, 0.3) is 0 Å². The van der Waals surface area contributed by atoms with Crippen LogP contribution in [0.3, 0.4) is 0 Å². The van der Waals surface area contributed by atoms with E-state index in [9.17, 15) is 9.59 Å². The molecule has 1 fully saturated rings. The zero-order chi connectivity index (χ0) is 12.3. The summed E-state index contributed by atoms with van der Waals surface area (Å²) in [5.74, 6) is 0.266. The molecule has 0 radical (unpaired) electrons. The smallest absolute Gasteiger partial charge is 0.323 e. The summed E-state index contributed by atoms with van der Waals surface area (Å²) in [6, 6.07) is 0. The molecule has 94 valence electrons. The maximum Gasteiger partial charge on any atom is 0.323 e. The SMILES string of the molecule is CCN(CC1CCOC1)C(=O)c1c[nH]c(=O)[nH]1. The van der Waals surface area contributed by atoms with Crippen LogP contribution in [0.4, 0.5) is 0 Å². The zero-order valence-corrected chi connectivity index (χ0v) is 9.86. The highest BCUT2D eigenvalue weighted by Crippen LogP contribution is 2.14. The van der Waals surface area contributed by atoms with Crippen molar-refractivity contribution in [2.24, 2.45) is 5.92 Å². The van der Waals surface area contributed by atoms with E-state index in [1.807, 2.05) is 6.92 Å². The van der Waals surface area contributed by atoms with Crippen LogP contribution in [-0.4, -0.2) is 47.1 Å². The Morgan fingerprint density at radius 3 is 3.00 bits per heavy atom. The first-order chi connectivity index (χ1) is 8.20. The van der Waals surface area contributed by atoms with Gasteiger partial charge >= 0.3 is 5.69 Å². The first-order valence-electron chi connectivity index (χ1n) is 5.85. The number of carbonyl (C=O) groups is 1. The number of carbonyl (C=O) groups excluding carboxylic acids is 1. The molecular weight excluding hydrogens is 222 g/mol. The first kappa shape index (κ1) is 11.9. The van der Waals surface area contributed by atoms with Crippen molar-refractivity contribution in [2.45, 2.75) is 13.3 Å². The molecule has 1 saturated heterocycles. The third kappa shape index (κ3) is 2.76. The molecule has 1 unspecified atom stereocenters. The van der Waals surface area contributed by atoms with Gasteiger partial charge < -0.3 is 19.6 Å². The highest BCUT2D eigenvalue weighted by Gasteiger charge is 2.22. The number of amides is 1. The van der Waals surface area contributed by atoms with E-state index in [2.05, 4.69) is 9.97 Å². The summed E-state index contributed by atoms with van der Waals surface area (Å²) < 4.78 is 5.29. The maximum atomic E-state index is 12.1. The van der Waals surface area contributed by atoms with Gasteiger partial charge in [0.2, 0.25) is 0 Å². The van der Waals surface area contributed by atoms with Crippen LogP contribution in [0, 0.1) is 5.92 Å². The summed E-state index contributed by atoms with van der Waals surface area (Å²) in [4.78, 5) is 29.7. The zero-order valence-electron chi connectivity index (χ0n) is 9.86. The van der Waals surface area contributed by atoms with Gasteiger partial charge in [-0.15, -0.1) is 0 Å². The predicted octanol–water partition coefficient (Wildman–Crippen LogP) is 0.202. The van der Waals surface area contributed by atoms with E-state index in [0.29, 0.717) is 31.3 Å². The van der Waals surface area contributed by atoms with Gasteiger partial charge in [-0.25, -0.2) is 4.79 Å². The van der Waals surface area contributed by atoms with E-state index in [1.54, 1.807) is 4.90 Å². The molecule has 0 aliphatic carbocycles. The van der Waals surface area contributed by atoms with Gasteiger partial charge in [0.15, 0.2) is 0 Å². The van der Waals surface area contributed by atoms with Crippen LogP contribution >= 0.6 is 0 Å². The fourth-order valence-corrected chi connectivity index (χ4v) is 2.01. The third-order valence-corrected chi connectivity index (χ3v) is 3.00. The van der Waals surface area contributed by atoms with Gasteiger partial charge in [-0.2, -0.15) is 0 Å². The molecule has 17 heavy (non-hydrogen) atoms. The van der Waals surface area contributed by atoms with Gasteiger partial charge in [-0.3, -0.25) is 4.79 Å². The van der Waals surface area contributed by atoms with Crippen LogP contribution in [0.15, 0.2) is 11.0 Å². The molecule has 1 amide bonds. The van der Waals surface area contributed by atoms with E-state index in [4.69, 9.17) is 4.74 Å². The van der Waals surface area contributed by atoms with Crippen LogP contribution in [-0.2, 0) is 4.74 Å². The van der Waals surface area contributed by atoms with Crippen molar-refractivity contribution in [3.05, 3.63) is 22.4 Å². The second-order valence-corrected chi connectivity index (χ2v) is 4.23. The van der Waals surface area contributed by atoms with Gasteiger partial charge in [0.25, 0.3) is 5.91 Å². The van der Waals surface area contributed by atoms with Crippen LogP contribution in [0.1, 0.15) is 23.8 Å². The summed E-state index contributed by atoms with van der Waals surface area (Å²) in [5, 5.41) is 0. The van der Waals surface area contributed by atoms with E-state index in [0.717, 1.165) is 13.0 Å². The van der Waals surface area contributed by atoms with Gasteiger partial charge in [-0.05, 0) is 13.3 Å². The topological polar surface area (TPSA) is 78.2 Å². The molecular formula is C11H17N3O3. The minimum atomic E-state index is -0.353. The summed E-state index contributed by atoms with van der Waals surface area (Å²) in [6.07, 6.45) is 2.41. The Morgan fingerprint density at radius 2 is 2.47 bits per heavy atom. The third-order valence-electron chi connectivity index (χ3n) is 3.00. The van der Waals surface area contributed by atoms with Crippen molar-refractivity contribution in [3.8, 4) is 0 Å². The first-order valence-corrected chi connectivity index (χ1v) is 5.85. The maximum absolute atomic E-state index is 12.1. The van der Waals surface area contributed by atoms with Crippen LogP contribution < -0.4 is 5.69 Å². The number of H-pyrrole nitrogens is 2. The number of aromatic amines is 2. The molecule has 2 N–H and O–H groups in total. The second-order valence-electron chi connectivity index (χ2n) is 4.23. The molecule has 1 atom stereocenters. The average molecular weight is 239 g/mol. The Bertz CT molecular complexity index is 431. The Balaban J connectivity index is 2.01. The fourth-order valence-electron chi connectivity index (χ4n) is 2.01. The summed E-state index contributed by atoms with van der Waals surface area (Å²) in [5.41, 5.74) is -0.0376. The van der Waals surface area contributed by atoms with Gasteiger partial charge in [-0.1, -0.05) is 0 Å². The van der Waals surface area contributed by atoms with Gasteiger partial charge in [0.1, 0.15) is 5.69 Å². The monoisotopic (exact) mass is 239 g/mol. The number of hydrogen-bond donors (Lipinski definition) is 2. The largest absolute Gasteiger partial charge is 0.381 e. The number of imidazole rings is 1. The lowest BCUT2D eigenvalue weighted by molar-refractivity contribution is 0.0725. The molecule has 0 spiro atoms. The molecule has 0 saturated carbocycles.